The van der Waals surface area contributed by atoms with Crippen LogP contribution in [0.25, 0.3) is 0 Å². The maximum atomic E-state index is 10.6. The first-order chi connectivity index (χ1) is 4.54. The fourth-order valence-electron chi connectivity index (χ4n) is 0.211. The van der Waals surface area contributed by atoms with E-state index in [1.165, 1.54) is 0 Å². The van der Waals surface area contributed by atoms with Crippen molar-refractivity contribution in [3.8, 4) is 0 Å². The lowest BCUT2D eigenvalue weighted by molar-refractivity contribution is -0.287. The number of hydrogen-bond acceptors (Lipinski definition) is 3. The highest BCUT2D eigenvalue weighted by molar-refractivity contribution is 5.86. The summed E-state index contributed by atoms with van der Waals surface area (Å²) in [6, 6.07) is 0. The van der Waals surface area contributed by atoms with Crippen molar-refractivity contribution in [2.75, 3.05) is 0 Å². The van der Waals surface area contributed by atoms with E-state index in [2.05, 4.69) is 16.4 Å². The third kappa shape index (κ3) is 4.09. The summed E-state index contributed by atoms with van der Waals surface area (Å²) in [7, 11) is 0. The molecule has 58 valence electrons. The maximum Gasteiger partial charge on any atom is 0.368 e. The van der Waals surface area contributed by atoms with Gasteiger partial charge in [-0.3, -0.25) is 4.89 Å². The van der Waals surface area contributed by atoms with E-state index in [1.807, 2.05) is 0 Å². The van der Waals surface area contributed by atoms with Crippen molar-refractivity contribution in [3.63, 3.8) is 0 Å². The molecule has 0 aromatic rings. The van der Waals surface area contributed by atoms with E-state index < -0.39 is 5.97 Å². The molecular weight excluding hydrogens is 132 g/mol. The van der Waals surface area contributed by atoms with Crippen molar-refractivity contribution < 1.29 is 14.6 Å². The molecular formula is C7H12O3. The molecule has 0 aromatic carbocycles. The molecule has 0 saturated heterocycles. The largest absolute Gasteiger partial charge is 0.368 e. The fourth-order valence-corrected chi connectivity index (χ4v) is 0.211. The average Bonchev–Trinajstić information content (AvgIpc) is 1.82. The minimum Gasteiger partial charge on any atom is -0.293 e. The number of carbonyl (C=O) groups is 1. The molecule has 0 aliphatic heterocycles. The molecule has 0 fully saturated rings. The van der Waals surface area contributed by atoms with Crippen LogP contribution in [-0.4, -0.2) is 12.1 Å². The minimum absolute atomic E-state index is 0.108. The first-order valence-corrected chi connectivity index (χ1v) is 3.07. The van der Waals surface area contributed by atoms with Crippen molar-refractivity contribution >= 4 is 5.97 Å². The summed E-state index contributed by atoms with van der Waals surface area (Å²) in [6.07, 6.45) is -0.108. The Hall–Kier alpha value is -0.830. The van der Waals surface area contributed by atoms with Gasteiger partial charge in [-0.25, -0.2) is 4.79 Å². The highest BCUT2D eigenvalue weighted by Crippen LogP contribution is 1.95. The zero-order valence-electron chi connectivity index (χ0n) is 6.51. The Morgan fingerprint density at radius 1 is 1.50 bits per heavy atom. The van der Waals surface area contributed by atoms with Crippen LogP contribution >= 0.6 is 0 Å². The summed E-state index contributed by atoms with van der Waals surface area (Å²) in [5, 5.41) is 0. The maximum absolute atomic E-state index is 10.6. The molecule has 0 heterocycles. The van der Waals surface area contributed by atoms with Crippen LogP contribution in [0.5, 0.6) is 0 Å². The molecule has 0 spiro atoms. The van der Waals surface area contributed by atoms with Crippen LogP contribution in [0.2, 0.25) is 0 Å². The van der Waals surface area contributed by atoms with Crippen LogP contribution in [0.3, 0.4) is 0 Å². The van der Waals surface area contributed by atoms with Gasteiger partial charge in [0.15, 0.2) is 0 Å². The van der Waals surface area contributed by atoms with Crippen LogP contribution in [-0.2, 0) is 14.6 Å². The molecule has 0 N–H and O–H groups in total. The number of hydrogen-bond donors (Lipinski definition) is 0. The van der Waals surface area contributed by atoms with E-state index in [4.69, 9.17) is 0 Å². The summed E-state index contributed by atoms with van der Waals surface area (Å²) in [4.78, 5) is 19.5. The minimum atomic E-state index is -0.520. The Morgan fingerprint density at radius 2 is 2.00 bits per heavy atom. The van der Waals surface area contributed by atoms with E-state index in [0.29, 0.717) is 5.57 Å². The number of carbonyl (C=O) groups excluding carboxylic acids is 1. The van der Waals surface area contributed by atoms with Gasteiger partial charge in [-0.05, 0) is 20.8 Å². The Kier molecular flexibility index (Phi) is 3.72. The Morgan fingerprint density at radius 3 is 2.30 bits per heavy atom. The van der Waals surface area contributed by atoms with Gasteiger partial charge in [0.1, 0.15) is 0 Å². The second-order valence-electron chi connectivity index (χ2n) is 2.30. The quantitative estimate of drug-likeness (QED) is 0.341. The first kappa shape index (κ1) is 9.17. The van der Waals surface area contributed by atoms with E-state index in [1.54, 1.807) is 20.8 Å². The topological polar surface area (TPSA) is 35.5 Å². The van der Waals surface area contributed by atoms with E-state index in [-0.39, 0.29) is 6.10 Å². The summed E-state index contributed by atoms with van der Waals surface area (Å²) in [5.74, 6) is -0.520. The predicted octanol–water partition coefficient (Wildman–Crippen LogP) is 1.45. The standard InChI is InChI=1S/C7H12O3/c1-5(2)7(8)10-9-6(3)4/h6H,1H2,2-4H3. The zero-order chi connectivity index (χ0) is 8.15. The van der Waals surface area contributed by atoms with Crippen molar-refractivity contribution in [3.05, 3.63) is 12.2 Å². The lowest BCUT2D eigenvalue weighted by Gasteiger charge is -2.04. The van der Waals surface area contributed by atoms with E-state index in [9.17, 15) is 4.79 Å². The molecule has 0 atom stereocenters. The Labute approximate surface area is 60.6 Å². The third-order valence-electron chi connectivity index (χ3n) is 0.665. The second kappa shape index (κ2) is 4.06. The Bertz CT molecular complexity index is 138. The van der Waals surface area contributed by atoms with Gasteiger partial charge >= 0.3 is 5.97 Å². The molecule has 0 aromatic heterocycles. The smallest absolute Gasteiger partial charge is 0.293 e. The lowest BCUT2D eigenvalue weighted by atomic mass is 10.4. The summed E-state index contributed by atoms with van der Waals surface area (Å²) in [5.41, 5.74) is 0.334. The second-order valence-corrected chi connectivity index (χ2v) is 2.30. The summed E-state index contributed by atoms with van der Waals surface area (Å²) >= 11 is 0. The van der Waals surface area contributed by atoms with Gasteiger partial charge in [0.05, 0.1) is 6.10 Å². The molecule has 3 nitrogen and oxygen atoms in total. The summed E-state index contributed by atoms with van der Waals surface area (Å²) < 4.78 is 0. The fraction of sp³-hybridized carbons (Fsp3) is 0.571. The van der Waals surface area contributed by atoms with Crippen molar-refractivity contribution in [1.82, 2.24) is 0 Å². The molecule has 0 saturated carbocycles. The molecule has 0 aliphatic carbocycles. The van der Waals surface area contributed by atoms with Gasteiger partial charge < -0.3 is 0 Å². The van der Waals surface area contributed by atoms with Crippen LogP contribution in [0.1, 0.15) is 20.8 Å². The molecule has 3 heteroatoms. The average molecular weight is 144 g/mol. The van der Waals surface area contributed by atoms with Gasteiger partial charge in [0.2, 0.25) is 0 Å². The Balaban J connectivity index is 3.50. The van der Waals surface area contributed by atoms with E-state index >= 15 is 0 Å². The highest BCUT2D eigenvalue weighted by atomic mass is 17.2. The van der Waals surface area contributed by atoms with Crippen LogP contribution in [0.4, 0.5) is 0 Å². The van der Waals surface area contributed by atoms with Crippen LogP contribution in [0.15, 0.2) is 12.2 Å². The van der Waals surface area contributed by atoms with Gasteiger partial charge in [-0.1, -0.05) is 6.58 Å². The molecule has 0 radical (unpaired) electrons. The number of rotatable bonds is 3. The van der Waals surface area contributed by atoms with E-state index in [0.717, 1.165) is 0 Å². The first-order valence-electron chi connectivity index (χ1n) is 3.07. The normalized spacial score (nSPS) is 9.60. The van der Waals surface area contributed by atoms with Crippen LogP contribution in [0, 0.1) is 0 Å². The summed E-state index contributed by atoms with van der Waals surface area (Å²) in [6.45, 7) is 8.48. The van der Waals surface area contributed by atoms with Crippen molar-refractivity contribution in [2.45, 2.75) is 26.9 Å². The molecule has 10 heavy (non-hydrogen) atoms. The molecule has 0 bridgehead atoms. The molecule has 0 rings (SSSR count). The molecule has 0 unspecified atom stereocenters. The lowest BCUT2D eigenvalue weighted by Crippen LogP contribution is -2.10. The SMILES string of the molecule is C=C(C)C(=O)OOC(C)C. The molecule has 0 aliphatic rings. The molecule has 0 amide bonds. The monoisotopic (exact) mass is 144 g/mol. The van der Waals surface area contributed by atoms with Crippen LogP contribution < -0.4 is 0 Å². The van der Waals surface area contributed by atoms with Gasteiger partial charge in [0.25, 0.3) is 0 Å². The van der Waals surface area contributed by atoms with Crippen molar-refractivity contribution in [2.24, 2.45) is 0 Å². The zero-order valence-corrected chi connectivity index (χ0v) is 6.51. The predicted molar refractivity (Wildman–Crippen MR) is 37.1 cm³/mol. The third-order valence-corrected chi connectivity index (χ3v) is 0.665. The van der Waals surface area contributed by atoms with Gasteiger partial charge in [-0.15, -0.1) is 0 Å². The van der Waals surface area contributed by atoms with Gasteiger partial charge in [-0.2, -0.15) is 4.89 Å². The highest BCUT2D eigenvalue weighted by Gasteiger charge is 2.04. The van der Waals surface area contributed by atoms with Crippen molar-refractivity contribution in [1.29, 1.82) is 0 Å². The van der Waals surface area contributed by atoms with Gasteiger partial charge in [0, 0.05) is 5.57 Å².